The molecular weight excluding hydrogens is 404 g/mol. The van der Waals surface area contributed by atoms with Crippen LogP contribution in [0.4, 0.5) is 17.5 Å². The topological polar surface area (TPSA) is 56.3 Å². The monoisotopic (exact) mass is 430 g/mol. The molecule has 3 heterocycles. The third-order valence-corrected chi connectivity index (χ3v) is 5.89. The van der Waals surface area contributed by atoms with Gasteiger partial charge in [-0.05, 0) is 62.0 Å². The zero-order valence-corrected chi connectivity index (χ0v) is 18.1. The van der Waals surface area contributed by atoms with Crippen LogP contribution in [0.5, 0.6) is 0 Å². The highest BCUT2D eigenvalue weighted by molar-refractivity contribution is 7.80. The molecule has 2 fully saturated rings. The highest BCUT2D eigenvalue weighted by Crippen LogP contribution is 2.22. The minimum absolute atomic E-state index is 0.420. The van der Waals surface area contributed by atoms with Crippen molar-refractivity contribution >= 4 is 46.4 Å². The average Bonchev–Trinajstić information content (AvgIpc) is 3.28. The Labute approximate surface area is 182 Å². The van der Waals surface area contributed by atoms with Crippen molar-refractivity contribution in [3.63, 3.8) is 0 Å². The minimum Gasteiger partial charge on any atom is -0.372 e. The molecule has 2 aliphatic rings. The van der Waals surface area contributed by atoms with E-state index < -0.39 is 0 Å². The van der Waals surface area contributed by atoms with Gasteiger partial charge in [0.25, 0.3) is 0 Å². The number of hydrogen-bond donors (Lipinski definition) is 2. The fourth-order valence-electron chi connectivity index (χ4n) is 3.87. The molecule has 1 aromatic carbocycles. The summed E-state index contributed by atoms with van der Waals surface area (Å²) in [7, 11) is 0. The first kappa shape index (κ1) is 20.2. The first-order chi connectivity index (χ1) is 14.2. The number of piperidine rings is 1. The van der Waals surface area contributed by atoms with E-state index in [1.165, 1.54) is 43.4 Å². The second kappa shape index (κ2) is 9.59. The summed E-state index contributed by atoms with van der Waals surface area (Å²) >= 11 is 11.6. The quantitative estimate of drug-likeness (QED) is 0.544. The van der Waals surface area contributed by atoms with Crippen molar-refractivity contribution in [2.24, 2.45) is 0 Å². The Balaban J connectivity index is 1.31. The van der Waals surface area contributed by atoms with Gasteiger partial charge in [0.2, 0.25) is 5.95 Å². The molecule has 2 aromatic rings. The smallest absolute Gasteiger partial charge is 0.232 e. The normalized spacial score (nSPS) is 16.7. The number of anilines is 3. The number of rotatable bonds is 5. The first-order valence-corrected chi connectivity index (χ1v) is 11.1. The lowest BCUT2D eigenvalue weighted by atomic mass is 10.1. The van der Waals surface area contributed by atoms with E-state index in [1.54, 1.807) is 0 Å². The summed E-state index contributed by atoms with van der Waals surface area (Å²) in [6.45, 7) is 4.97. The van der Waals surface area contributed by atoms with Gasteiger partial charge in [-0.3, -0.25) is 0 Å². The van der Waals surface area contributed by atoms with Crippen LogP contribution in [0.15, 0.2) is 30.3 Å². The Morgan fingerprint density at radius 3 is 2.31 bits per heavy atom. The van der Waals surface area contributed by atoms with Crippen LogP contribution in [0.25, 0.3) is 0 Å². The van der Waals surface area contributed by atoms with Gasteiger partial charge in [-0.1, -0.05) is 23.7 Å². The maximum atomic E-state index is 6.21. The minimum atomic E-state index is 0.420. The number of thiocarbonyl (C=S) groups is 1. The lowest BCUT2D eigenvalue weighted by Crippen LogP contribution is -2.31. The van der Waals surface area contributed by atoms with Gasteiger partial charge in [0.1, 0.15) is 11.0 Å². The highest BCUT2D eigenvalue weighted by atomic mass is 35.5. The van der Waals surface area contributed by atoms with Crippen LogP contribution < -0.4 is 20.4 Å². The summed E-state index contributed by atoms with van der Waals surface area (Å²) in [5, 5.41) is 7.20. The SMILES string of the molecule is S=C(NCc1ccc(N2CCCC2)cc1)Nc1nc(Cl)cc(N2CCCCC2)n1. The standard InChI is InChI=1S/C21H27ClN6S/c22-18-14-19(28-12-2-1-3-13-28)25-20(24-18)26-21(29)23-15-16-6-8-17(9-7-16)27-10-4-5-11-27/h6-9,14H,1-5,10-13,15H2,(H2,23,24,25,26,29). The van der Waals surface area contributed by atoms with E-state index in [0.29, 0.717) is 22.8 Å². The zero-order chi connectivity index (χ0) is 20.1. The second-order valence-corrected chi connectivity index (χ2v) is 8.38. The highest BCUT2D eigenvalue weighted by Gasteiger charge is 2.15. The number of aromatic nitrogens is 2. The van der Waals surface area contributed by atoms with E-state index in [0.717, 1.165) is 32.0 Å². The van der Waals surface area contributed by atoms with Crippen molar-refractivity contribution in [2.45, 2.75) is 38.6 Å². The van der Waals surface area contributed by atoms with Crippen molar-refractivity contribution in [1.82, 2.24) is 15.3 Å². The Bertz CT molecular complexity index is 832. The summed E-state index contributed by atoms with van der Waals surface area (Å²) in [6.07, 6.45) is 6.21. The van der Waals surface area contributed by atoms with Gasteiger partial charge in [0.15, 0.2) is 5.11 Å². The van der Waals surface area contributed by atoms with Gasteiger partial charge in [-0.15, -0.1) is 0 Å². The Morgan fingerprint density at radius 1 is 0.931 bits per heavy atom. The molecule has 8 heteroatoms. The van der Waals surface area contributed by atoms with Crippen LogP contribution in [-0.2, 0) is 6.54 Å². The maximum Gasteiger partial charge on any atom is 0.232 e. The van der Waals surface area contributed by atoms with Crippen LogP contribution in [-0.4, -0.2) is 41.3 Å². The lowest BCUT2D eigenvalue weighted by molar-refractivity contribution is 0.573. The van der Waals surface area contributed by atoms with Crippen LogP contribution in [0.2, 0.25) is 5.15 Å². The average molecular weight is 431 g/mol. The number of benzene rings is 1. The van der Waals surface area contributed by atoms with Crippen LogP contribution in [0, 0.1) is 0 Å². The molecule has 6 nitrogen and oxygen atoms in total. The summed E-state index contributed by atoms with van der Waals surface area (Å²) in [5.74, 6) is 1.28. The molecule has 0 saturated carbocycles. The van der Waals surface area contributed by atoms with Crippen molar-refractivity contribution in [3.05, 3.63) is 41.0 Å². The van der Waals surface area contributed by atoms with Gasteiger partial charge in [0.05, 0.1) is 0 Å². The molecule has 0 spiro atoms. The van der Waals surface area contributed by atoms with E-state index >= 15 is 0 Å². The summed E-state index contributed by atoms with van der Waals surface area (Å²) < 4.78 is 0. The first-order valence-electron chi connectivity index (χ1n) is 10.4. The molecule has 0 bridgehead atoms. The van der Waals surface area contributed by atoms with Crippen molar-refractivity contribution in [1.29, 1.82) is 0 Å². The maximum absolute atomic E-state index is 6.21. The van der Waals surface area contributed by atoms with Gasteiger partial charge in [-0.25, -0.2) is 4.98 Å². The number of nitrogens with zero attached hydrogens (tertiary/aromatic N) is 4. The molecule has 0 radical (unpaired) electrons. The van der Waals surface area contributed by atoms with E-state index in [2.05, 4.69) is 54.7 Å². The van der Waals surface area contributed by atoms with Crippen LogP contribution >= 0.6 is 23.8 Å². The predicted molar refractivity (Wildman–Crippen MR) is 124 cm³/mol. The molecule has 4 rings (SSSR count). The van der Waals surface area contributed by atoms with E-state index in [1.807, 2.05) is 6.07 Å². The number of hydrogen-bond acceptors (Lipinski definition) is 5. The van der Waals surface area contributed by atoms with Crippen LogP contribution in [0.3, 0.4) is 0 Å². The second-order valence-electron chi connectivity index (χ2n) is 7.59. The van der Waals surface area contributed by atoms with Crippen LogP contribution in [0.1, 0.15) is 37.7 Å². The molecule has 154 valence electrons. The summed E-state index contributed by atoms with van der Waals surface area (Å²) in [5.41, 5.74) is 2.47. The number of halogens is 1. The van der Waals surface area contributed by atoms with Gasteiger partial charge < -0.3 is 20.4 Å². The largest absolute Gasteiger partial charge is 0.372 e. The van der Waals surface area contributed by atoms with Crippen molar-refractivity contribution < 1.29 is 0 Å². The fraction of sp³-hybridized carbons (Fsp3) is 0.476. The molecule has 29 heavy (non-hydrogen) atoms. The van der Waals surface area contributed by atoms with Gasteiger partial charge >= 0.3 is 0 Å². The van der Waals surface area contributed by atoms with E-state index in [-0.39, 0.29) is 0 Å². The summed E-state index contributed by atoms with van der Waals surface area (Å²) in [6, 6.07) is 10.5. The Hall–Kier alpha value is -2.12. The Kier molecular flexibility index (Phi) is 6.67. The lowest BCUT2D eigenvalue weighted by Gasteiger charge is -2.27. The predicted octanol–water partition coefficient (Wildman–Crippen LogP) is 4.21. The molecule has 1 aromatic heterocycles. The van der Waals surface area contributed by atoms with Gasteiger partial charge in [0, 0.05) is 44.5 Å². The molecule has 0 amide bonds. The molecule has 0 atom stereocenters. The number of nitrogens with one attached hydrogen (secondary N) is 2. The van der Waals surface area contributed by atoms with Crippen molar-refractivity contribution in [2.75, 3.05) is 41.3 Å². The zero-order valence-electron chi connectivity index (χ0n) is 16.5. The third-order valence-electron chi connectivity index (χ3n) is 5.45. The summed E-state index contributed by atoms with van der Waals surface area (Å²) in [4.78, 5) is 13.5. The molecule has 2 aliphatic heterocycles. The van der Waals surface area contributed by atoms with Crippen molar-refractivity contribution in [3.8, 4) is 0 Å². The molecule has 0 unspecified atom stereocenters. The molecule has 0 aliphatic carbocycles. The van der Waals surface area contributed by atoms with Gasteiger partial charge in [-0.2, -0.15) is 4.98 Å². The molecular formula is C21H27ClN6S. The third kappa shape index (κ3) is 5.48. The Morgan fingerprint density at radius 2 is 1.59 bits per heavy atom. The molecule has 2 saturated heterocycles. The molecule has 2 N–H and O–H groups in total. The van der Waals surface area contributed by atoms with E-state index in [9.17, 15) is 0 Å². The van der Waals surface area contributed by atoms with E-state index in [4.69, 9.17) is 23.8 Å². The fourth-order valence-corrected chi connectivity index (χ4v) is 4.22.